The highest BCUT2D eigenvalue weighted by atomic mass is 35.5. The second-order valence-corrected chi connectivity index (χ2v) is 14.6. The van der Waals surface area contributed by atoms with Gasteiger partial charge in [-0.1, -0.05) is 11.6 Å². The van der Waals surface area contributed by atoms with Crippen LogP contribution in [-0.2, 0) is 14.2 Å². The fourth-order valence-corrected chi connectivity index (χ4v) is 7.68. The Hall–Kier alpha value is -2.86. The Labute approximate surface area is 277 Å². The van der Waals surface area contributed by atoms with Crippen LogP contribution < -0.4 is 15.5 Å². The molecule has 3 N–H and O–H groups in total. The zero-order chi connectivity index (χ0) is 32.6. The summed E-state index contributed by atoms with van der Waals surface area (Å²) in [5.41, 5.74) is 4.57. The Morgan fingerprint density at radius 1 is 1.17 bits per heavy atom. The number of nitrogens with one attached hydrogen (secondary N) is 3. The normalized spacial score (nSPS) is 24.4. The molecule has 2 unspecified atom stereocenters. The lowest BCUT2D eigenvalue weighted by molar-refractivity contribution is 0.0184. The molecule has 1 aromatic heterocycles. The van der Waals surface area contributed by atoms with Crippen molar-refractivity contribution >= 4 is 35.4 Å². The molecule has 11 nitrogen and oxygen atoms in total. The Morgan fingerprint density at radius 2 is 1.96 bits per heavy atom. The summed E-state index contributed by atoms with van der Waals surface area (Å²) < 4.78 is 19.9. The lowest BCUT2D eigenvalue weighted by Gasteiger charge is -2.45. The number of aryl methyl sites for hydroxylation is 1. The van der Waals surface area contributed by atoms with Gasteiger partial charge >= 0.3 is 6.09 Å². The topological polar surface area (TPSA) is 117 Å². The van der Waals surface area contributed by atoms with Crippen molar-refractivity contribution in [2.24, 2.45) is 0 Å². The van der Waals surface area contributed by atoms with Crippen molar-refractivity contribution in [1.82, 2.24) is 20.0 Å². The molecule has 252 valence electrons. The minimum Gasteiger partial charge on any atom is -0.444 e. The summed E-state index contributed by atoms with van der Waals surface area (Å²) >= 11 is 7.25. The fraction of sp³-hybridized carbons (Fsp3) is 0.676. The molecule has 1 spiro atoms. The Bertz CT molecular complexity index is 1430. The average Bonchev–Trinajstić information content (AvgIpc) is 3.63. The molecule has 12 heteroatoms. The Morgan fingerprint density at radius 3 is 2.61 bits per heavy atom. The first-order valence-electron chi connectivity index (χ1n) is 16.9. The third kappa shape index (κ3) is 6.48. The molecule has 0 saturated carbocycles. The minimum atomic E-state index is -0.532. The second-order valence-electron chi connectivity index (χ2n) is 14.3. The number of amides is 1. The number of carbonyl (C=O) groups is 1. The summed E-state index contributed by atoms with van der Waals surface area (Å²) in [6.45, 7) is 15.5. The third-order valence-corrected chi connectivity index (χ3v) is 10.3. The van der Waals surface area contributed by atoms with E-state index in [1.807, 2.05) is 33.8 Å². The number of aromatic nitrogens is 2. The van der Waals surface area contributed by atoms with Crippen molar-refractivity contribution in [2.45, 2.75) is 96.6 Å². The number of ether oxygens (including phenoxy) is 3. The lowest BCUT2D eigenvalue weighted by atomic mass is 9.91. The van der Waals surface area contributed by atoms with Crippen LogP contribution in [0.1, 0.15) is 82.2 Å². The summed E-state index contributed by atoms with van der Waals surface area (Å²) in [4.78, 5) is 17.1. The van der Waals surface area contributed by atoms with Gasteiger partial charge in [0.25, 0.3) is 0 Å². The first-order valence-corrected chi connectivity index (χ1v) is 17.2. The monoisotopic (exact) mass is 655 g/mol. The van der Waals surface area contributed by atoms with Gasteiger partial charge in [0.2, 0.25) is 0 Å². The predicted octanol–water partition coefficient (Wildman–Crippen LogP) is 5.90. The van der Waals surface area contributed by atoms with Crippen LogP contribution >= 0.6 is 11.6 Å². The van der Waals surface area contributed by atoms with Crippen molar-refractivity contribution in [3.63, 3.8) is 0 Å². The molecule has 2 aromatic rings. The SMILES string of the molecule is Cc1cc(NC2CCCCO2)c(C=N)c(-c2c(N3CCNCC34CCOC4)nn(C3CCN(C(=O)OC(C)(C)C)CC3)c2C)c1Cl. The highest BCUT2D eigenvalue weighted by Gasteiger charge is 2.45. The van der Waals surface area contributed by atoms with Crippen molar-refractivity contribution in [2.75, 3.05) is 62.8 Å². The van der Waals surface area contributed by atoms with Gasteiger partial charge in [-0.05, 0) is 84.8 Å². The van der Waals surface area contributed by atoms with Gasteiger partial charge in [0.05, 0.1) is 23.2 Å². The second kappa shape index (κ2) is 13.3. The van der Waals surface area contributed by atoms with E-state index in [1.165, 1.54) is 6.21 Å². The maximum Gasteiger partial charge on any atom is 0.410 e. The molecule has 4 aliphatic heterocycles. The van der Waals surface area contributed by atoms with Crippen LogP contribution in [0.2, 0.25) is 5.02 Å². The third-order valence-electron chi connectivity index (χ3n) is 9.85. The standard InChI is InChI=1S/C34H50ClN7O4/c1-22-18-26(38-27-8-6-7-16-45-27)25(19-36)29(30(22)35)28-23(2)42(24-9-13-40(14-10-24)32(43)46-33(3,4)5)39-31(28)41-15-12-37-20-34(41)11-17-44-21-34/h18-19,24,27,36-38H,6-17,20-21H2,1-5H3. The minimum absolute atomic E-state index is 0.102. The number of anilines is 2. The van der Waals surface area contributed by atoms with Crippen LogP contribution in [0.3, 0.4) is 0 Å². The number of hydrogen-bond donors (Lipinski definition) is 3. The number of piperidine rings is 1. The van der Waals surface area contributed by atoms with Crippen LogP contribution in [0, 0.1) is 19.3 Å². The van der Waals surface area contributed by atoms with Gasteiger partial charge in [0, 0.05) is 80.2 Å². The van der Waals surface area contributed by atoms with Crippen molar-refractivity contribution < 1.29 is 19.0 Å². The lowest BCUT2D eigenvalue weighted by Crippen LogP contribution is -2.62. The van der Waals surface area contributed by atoms with Gasteiger partial charge in [0.15, 0.2) is 5.82 Å². The number of halogens is 1. The predicted molar refractivity (Wildman–Crippen MR) is 182 cm³/mol. The van der Waals surface area contributed by atoms with Gasteiger partial charge in [-0.3, -0.25) is 4.68 Å². The molecular formula is C34H50ClN7O4. The molecule has 0 radical (unpaired) electrons. The van der Waals surface area contributed by atoms with E-state index in [0.29, 0.717) is 31.3 Å². The molecule has 4 fully saturated rings. The van der Waals surface area contributed by atoms with E-state index in [1.54, 1.807) is 4.90 Å². The number of hydrogen-bond acceptors (Lipinski definition) is 9. The van der Waals surface area contributed by atoms with E-state index in [9.17, 15) is 4.79 Å². The molecule has 4 aliphatic rings. The zero-order valence-corrected chi connectivity index (χ0v) is 28.8. The largest absolute Gasteiger partial charge is 0.444 e. The Balaban J connectivity index is 1.43. The van der Waals surface area contributed by atoms with Crippen LogP contribution in [0.15, 0.2) is 6.07 Å². The number of likely N-dealkylation sites (tertiary alicyclic amines) is 1. The summed E-state index contributed by atoms with van der Waals surface area (Å²) in [6, 6.07) is 2.14. The summed E-state index contributed by atoms with van der Waals surface area (Å²) in [6.07, 6.45) is 6.57. The fourth-order valence-electron chi connectivity index (χ4n) is 7.43. The zero-order valence-electron chi connectivity index (χ0n) is 28.0. The molecule has 6 rings (SSSR count). The molecule has 2 atom stereocenters. The van der Waals surface area contributed by atoms with Crippen LogP contribution in [-0.4, -0.2) is 96.9 Å². The van der Waals surface area contributed by atoms with Gasteiger partial charge in [0.1, 0.15) is 11.8 Å². The molecule has 0 aliphatic carbocycles. The van der Waals surface area contributed by atoms with Crippen molar-refractivity contribution in [3.8, 4) is 11.1 Å². The molecular weight excluding hydrogens is 606 g/mol. The van der Waals surface area contributed by atoms with Gasteiger partial charge in [-0.25, -0.2) is 4.79 Å². The van der Waals surface area contributed by atoms with Gasteiger partial charge in [-0.15, -0.1) is 0 Å². The molecule has 4 saturated heterocycles. The van der Waals surface area contributed by atoms with Gasteiger partial charge in [-0.2, -0.15) is 5.10 Å². The highest BCUT2D eigenvalue weighted by Crippen LogP contribution is 2.47. The van der Waals surface area contributed by atoms with E-state index in [-0.39, 0.29) is 23.9 Å². The van der Waals surface area contributed by atoms with Crippen LogP contribution in [0.5, 0.6) is 0 Å². The van der Waals surface area contributed by atoms with E-state index in [2.05, 4.69) is 27.1 Å². The van der Waals surface area contributed by atoms with Crippen molar-refractivity contribution in [1.29, 1.82) is 5.41 Å². The number of nitrogens with zero attached hydrogens (tertiary/aromatic N) is 4. The van der Waals surface area contributed by atoms with Crippen LogP contribution in [0.25, 0.3) is 11.1 Å². The van der Waals surface area contributed by atoms with E-state index in [4.69, 9.17) is 36.3 Å². The first kappa shape index (κ1) is 33.1. The maximum absolute atomic E-state index is 12.8. The molecule has 5 heterocycles. The van der Waals surface area contributed by atoms with E-state index < -0.39 is 5.60 Å². The smallest absolute Gasteiger partial charge is 0.410 e. The quantitative estimate of drug-likeness (QED) is 0.330. The number of benzene rings is 1. The number of rotatable bonds is 6. The molecule has 46 heavy (non-hydrogen) atoms. The summed E-state index contributed by atoms with van der Waals surface area (Å²) in [5, 5.41) is 21.9. The Kier molecular flexibility index (Phi) is 9.58. The molecule has 1 aromatic carbocycles. The van der Waals surface area contributed by atoms with E-state index in [0.717, 1.165) is 104 Å². The molecule has 0 bridgehead atoms. The number of carbonyl (C=O) groups excluding carboxylic acids is 1. The molecule has 1 amide bonds. The van der Waals surface area contributed by atoms with Crippen LogP contribution in [0.4, 0.5) is 16.3 Å². The average molecular weight is 656 g/mol. The summed E-state index contributed by atoms with van der Waals surface area (Å²) in [7, 11) is 0. The van der Waals surface area contributed by atoms with E-state index >= 15 is 0 Å². The van der Waals surface area contributed by atoms with Crippen molar-refractivity contribution in [3.05, 3.63) is 27.9 Å². The highest BCUT2D eigenvalue weighted by molar-refractivity contribution is 6.35. The maximum atomic E-state index is 12.8. The number of piperazine rings is 1. The van der Waals surface area contributed by atoms with Gasteiger partial charge < -0.3 is 40.1 Å². The summed E-state index contributed by atoms with van der Waals surface area (Å²) in [5.74, 6) is 0.884. The first-order chi connectivity index (χ1) is 22.0.